The fraction of sp³-hybridized carbons (Fsp3) is 0.500. The van der Waals surface area contributed by atoms with Gasteiger partial charge in [0.1, 0.15) is 17.5 Å². The second-order valence-corrected chi connectivity index (χ2v) is 6.53. The van der Waals surface area contributed by atoms with Gasteiger partial charge in [0.15, 0.2) is 0 Å². The van der Waals surface area contributed by atoms with Crippen LogP contribution in [0.25, 0.3) is 0 Å². The fourth-order valence-corrected chi connectivity index (χ4v) is 1.92. The number of ether oxygens (including phenoxy) is 2. The third-order valence-electron chi connectivity index (χ3n) is 3.15. The molecule has 0 fully saturated rings. The lowest BCUT2D eigenvalue weighted by atomic mass is 9.95. The van der Waals surface area contributed by atoms with Crippen LogP contribution in [0.1, 0.15) is 27.7 Å². The number of amides is 2. The highest BCUT2D eigenvalue weighted by atomic mass is 35.5. The summed E-state index contributed by atoms with van der Waals surface area (Å²) in [7, 11) is 2.96. The Balaban J connectivity index is 2.88. The van der Waals surface area contributed by atoms with Gasteiger partial charge in [0.05, 0.1) is 24.9 Å². The van der Waals surface area contributed by atoms with Crippen LogP contribution in [0.2, 0.25) is 5.02 Å². The molecule has 128 valence electrons. The zero-order chi connectivity index (χ0) is 17.8. The number of methoxy groups -OCH3 is 2. The monoisotopic (exact) mass is 342 g/mol. The van der Waals surface area contributed by atoms with E-state index in [0.717, 1.165) is 0 Å². The number of hydrogen-bond donors (Lipinski definition) is 2. The predicted octanol–water partition coefficient (Wildman–Crippen LogP) is 2.85. The van der Waals surface area contributed by atoms with Crippen LogP contribution < -0.4 is 20.1 Å². The van der Waals surface area contributed by atoms with E-state index < -0.39 is 11.5 Å². The molecule has 1 aromatic rings. The van der Waals surface area contributed by atoms with Crippen LogP contribution in [0.15, 0.2) is 12.1 Å². The van der Waals surface area contributed by atoms with E-state index in [1.165, 1.54) is 20.3 Å². The Kier molecular flexibility index (Phi) is 6.27. The van der Waals surface area contributed by atoms with Crippen LogP contribution in [-0.2, 0) is 9.59 Å². The molecule has 1 aromatic carbocycles. The van der Waals surface area contributed by atoms with Crippen LogP contribution in [0, 0.1) is 5.41 Å². The Morgan fingerprint density at radius 2 is 1.70 bits per heavy atom. The summed E-state index contributed by atoms with van der Waals surface area (Å²) in [5.74, 6) is 0.270. The highest BCUT2D eigenvalue weighted by Crippen LogP contribution is 2.35. The van der Waals surface area contributed by atoms with Crippen LogP contribution in [0.5, 0.6) is 11.5 Å². The van der Waals surface area contributed by atoms with E-state index in [4.69, 9.17) is 21.1 Å². The smallest absolute Gasteiger partial charge is 0.246 e. The summed E-state index contributed by atoms with van der Waals surface area (Å²) >= 11 is 6.06. The molecule has 0 heterocycles. The lowest BCUT2D eigenvalue weighted by Crippen LogP contribution is -2.46. The standard InChI is InChI=1S/C16H23ClN2O4/c1-9(18-15(21)16(2,3)4)14(20)19-11-7-10(17)12(22-5)8-13(11)23-6/h7-9H,1-6H3,(H,18,21)(H,19,20). The van der Waals surface area contributed by atoms with E-state index >= 15 is 0 Å². The van der Waals surface area contributed by atoms with Crippen molar-refractivity contribution >= 4 is 29.1 Å². The minimum atomic E-state index is -0.702. The van der Waals surface area contributed by atoms with E-state index in [9.17, 15) is 9.59 Å². The maximum absolute atomic E-state index is 12.3. The predicted molar refractivity (Wildman–Crippen MR) is 90.2 cm³/mol. The van der Waals surface area contributed by atoms with E-state index in [-0.39, 0.29) is 11.8 Å². The van der Waals surface area contributed by atoms with Gasteiger partial charge in [-0.3, -0.25) is 9.59 Å². The molecule has 0 aliphatic heterocycles. The van der Waals surface area contributed by atoms with Crippen molar-refractivity contribution < 1.29 is 19.1 Å². The summed E-state index contributed by atoms with van der Waals surface area (Å²) in [6, 6.07) is 2.42. The first kappa shape index (κ1) is 19.1. The highest BCUT2D eigenvalue weighted by Gasteiger charge is 2.25. The van der Waals surface area contributed by atoms with Crippen LogP contribution in [0.3, 0.4) is 0 Å². The normalized spacial score (nSPS) is 12.3. The van der Waals surface area contributed by atoms with E-state index in [1.54, 1.807) is 33.8 Å². The summed E-state index contributed by atoms with van der Waals surface area (Å²) in [5.41, 5.74) is -0.171. The van der Waals surface area contributed by atoms with Gasteiger partial charge in [-0.2, -0.15) is 0 Å². The van der Waals surface area contributed by atoms with Gasteiger partial charge in [-0.25, -0.2) is 0 Å². The Labute approximate surface area is 141 Å². The Hall–Kier alpha value is -1.95. The van der Waals surface area contributed by atoms with Gasteiger partial charge in [0, 0.05) is 11.5 Å². The molecule has 0 aliphatic rings. The van der Waals surface area contributed by atoms with E-state index in [1.807, 2.05) is 0 Å². The SMILES string of the molecule is COc1cc(OC)c(NC(=O)C(C)NC(=O)C(C)(C)C)cc1Cl. The van der Waals surface area contributed by atoms with Gasteiger partial charge in [-0.15, -0.1) is 0 Å². The molecule has 7 heteroatoms. The highest BCUT2D eigenvalue weighted by molar-refractivity contribution is 6.32. The van der Waals surface area contributed by atoms with Crippen molar-refractivity contribution in [3.05, 3.63) is 17.2 Å². The molecule has 2 N–H and O–H groups in total. The zero-order valence-electron chi connectivity index (χ0n) is 14.2. The van der Waals surface area contributed by atoms with Crippen molar-refractivity contribution in [1.82, 2.24) is 5.32 Å². The van der Waals surface area contributed by atoms with E-state index in [2.05, 4.69) is 10.6 Å². The number of carbonyl (C=O) groups excluding carboxylic acids is 2. The number of halogens is 1. The number of anilines is 1. The zero-order valence-corrected chi connectivity index (χ0v) is 15.0. The lowest BCUT2D eigenvalue weighted by molar-refractivity contribution is -0.131. The molecule has 0 radical (unpaired) electrons. The van der Waals surface area contributed by atoms with Gasteiger partial charge in [-0.05, 0) is 13.0 Å². The molecule has 0 aromatic heterocycles. The molecule has 0 spiro atoms. The third-order valence-corrected chi connectivity index (χ3v) is 3.45. The Bertz CT molecular complexity index is 596. The molecule has 23 heavy (non-hydrogen) atoms. The summed E-state index contributed by atoms with van der Waals surface area (Å²) in [4.78, 5) is 24.2. The molecular formula is C16H23ClN2O4. The first-order valence-corrected chi connectivity index (χ1v) is 7.51. The Morgan fingerprint density at radius 1 is 1.13 bits per heavy atom. The topological polar surface area (TPSA) is 76.7 Å². The molecule has 2 amide bonds. The van der Waals surface area contributed by atoms with E-state index in [0.29, 0.717) is 22.2 Å². The first-order valence-electron chi connectivity index (χ1n) is 7.13. The molecule has 0 saturated carbocycles. The molecule has 0 saturated heterocycles. The summed E-state index contributed by atoms with van der Waals surface area (Å²) in [5, 5.41) is 5.70. The minimum absolute atomic E-state index is 0.208. The van der Waals surface area contributed by atoms with Gasteiger partial charge in [-0.1, -0.05) is 32.4 Å². The van der Waals surface area contributed by atoms with Crippen molar-refractivity contribution in [2.75, 3.05) is 19.5 Å². The summed E-state index contributed by atoms with van der Waals surface area (Å²) < 4.78 is 10.3. The fourth-order valence-electron chi connectivity index (χ4n) is 1.68. The minimum Gasteiger partial charge on any atom is -0.495 e. The maximum atomic E-state index is 12.3. The Morgan fingerprint density at radius 3 is 2.17 bits per heavy atom. The average molecular weight is 343 g/mol. The number of hydrogen-bond acceptors (Lipinski definition) is 4. The molecule has 0 bridgehead atoms. The average Bonchev–Trinajstić information content (AvgIpc) is 2.46. The summed E-state index contributed by atoms with van der Waals surface area (Å²) in [6.07, 6.45) is 0. The summed E-state index contributed by atoms with van der Waals surface area (Å²) in [6.45, 7) is 6.94. The molecule has 1 rings (SSSR count). The van der Waals surface area contributed by atoms with Crippen molar-refractivity contribution in [1.29, 1.82) is 0 Å². The third kappa shape index (κ3) is 5.03. The second kappa shape index (κ2) is 7.55. The quantitative estimate of drug-likeness (QED) is 0.862. The molecule has 1 atom stereocenters. The molecule has 1 unspecified atom stereocenters. The van der Waals surface area contributed by atoms with Crippen LogP contribution in [-0.4, -0.2) is 32.1 Å². The van der Waals surface area contributed by atoms with Crippen molar-refractivity contribution in [2.45, 2.75) is 33.7 Å². The van der Waals surface area contributed by atoms with Gasteiger partial charge >= 0.3 is 0 Å². The molecule has 6 nitrogen and oxygen atoms in total. The number of nitrogens with one attached hydrogen (secondary N) is 2. The number of benzene rings is 1. The van der Waals surface area contributed by atoms with Crippen molar-refractivity contribution in [2.24, 2.45) is 5.41 Å². The van der Waals surface area contributed by atoms with Gasteiger partial charge in [0.25, 0.3) is 0 Å². The van der Waals surface area contributed by atoms with Crippen LogP contribution in [0.4, 0.5) is 5.69 Å². The molecule has 0 aliphatic carbocycles. The molecular weight excluding hydrogens is 320 g/mol. The number of rotatable bonds is 5. The van der Waals surface area contributed by atoms with Crippen molar-refractivity contribution in [3.8, 4) is 11.5 Å². The van der Waals surface area contributed by atoms with Gasteiger partial charge < -0.3 is 20.1 Å². The van der Waals surface area contributed by atoms with Crippen LogP contribution >= 0.6 is 11.6 Å². The first-order chi connectivity index (χ1) is 10.6. The largest absolute Gasteiger partial charge is 0.495 e. The van der Waals surface area contributed by atoms with Crippen molar-refractivity contribution in [3.63, 3.8) is 0 Å². The second-order valence-electron chi connectivity index (χ2n) is 6.12. The maximum Gasteiger partial charge on any atom is 0.246 e. The lowest BCUT2D eigenvalue weighted by Gasteiger charge is -2.22. The van der Waals surface area contributed by atoms with Gasteiger partial charge in [0.2, 0.25) is 11.8 Å². The number of carbonyl (C=O) groups is 2.